The molecule has 0 aliphatic carbocycles. The number of alkyl halides is 1. The number of likely N-dealkylation sites (tertiary alicyclic amines) is 1. The number of hydrogen-bond donors (Lipinski definition) is 2. The fourth-order valence-corrected chi connectivity index (χ4v) is 3.58. The van der Waals surface area contributed by atoms with Gasteiger partial charge in [0.1, 0.15) is 17.2 Å². The topological polar surface area (TPSA) is 84.7 Å². The molecule has 9 heteroatoms. The Bertz CT molecular complexity index is 916. The normalized spacial score (nSPS) is 15.5. The smallest absolute Gasteiger partial charge is 0.316 e. The van der Waals surface area contributed by atoms with E-state index in [4.69, 9.17) is 22.1 Å². The minimum atomic E-state index is -1.44. The number of nitrogens with zero attached hydrogens (tertiary/aromatic N) is 1. The highest BCUT2D eigenvalue weighted by Gasteiger charge is 2.36. The summed E-state index contributed by atoms with van der Waals surface area (Å²) in [5.41, 5.74) is 4.70. The standard InChI is InChI=1S/C21H22ClF2N3O3/c22-15-3-6-18(17(11-15)26-20(25)29)30-13-19(28)27-9-7-21(24,8-10-27)12-14-1-4-16(23)5-2-14/h1-6,11,22H,7-10,12-13H2,(H2-,25,26,29)/p+1. The number of ether oxygens (including phenoxy) is 1. The number of carbonyl (C=O) groups is 2. The molecule has 160 valence electrons. The lowest BCUT2D eigenvalue weighted by molar-refractivity contribution is -0.288. The van der Waals surface area contributed by atoms with E-state index in [1.54, 1.807) is 29.2 Å². The number of amides is 3. The number of primary amides is 1. The zero-order valence-corrected chi connectivity index (χ0v) is 17.0. The molecule has 1 aliphatic rings. The molecular weight excluding hydrogens is 416 g/mol. The van der Waals surface area contributed by atoms with Gasteiger partial charge in [0, 0.05) is 31.6 Å². The van der Waals surface area contributed by atoms with E-state index >= 15 is 4.39 Å². The molecule has 0 atom stereocenters. The number of nitrogens with two attached hydrogens (primary N) is 1. The quantitative estimate of drug-likeness (QED) is 0.727. The van der Waals surface area contributed by atoms with E-state index in [1.165, 1.54) is 18.2 Å². The van der Waals surface area contributed by atoms with Crippen molar-refractivity contribution in [1.29, 1.82) is 0 Å². The van der Waals surface area contributed by atoms with Crippen LogP contribution >= 0.6 is 0 Å². The first kappa shape index (κ1) is 21.8. The summed E-state index contributed by atoms with van der Waals surface area (Å²) in [6.07, 6.45) is 0.561. The minimum absolute atomic E-state index is 0.182. The summed E-state index contributed by atoms with van der Waals surface area (Å²) in [5, 5.41) is 2.88. The van der Waals surface area contributed by atoms with Gasteiger partial charge in [0.15, 0.2) is 18.2 Å². The zero-order valence-electron chi connectivity index (χ0n) is 16.2. The average molecular weight is 439 g/mol. The number of urea groups is 1. The molecule has 3 amide bonds. The number of carbonyl (C=O) groups excluding carboxylic acids is 2. The molecule has 0 radical (unpaired) electrons. The number of hydrogen-bond acceptors (Lipinski definition) is 3. The van der Waals surface area contributed by atoms with Crippen LogP contribution in [0.25, 0.3) is 0 Å². The molecule has 0 aromatic heterocycles. The molecule has 0 bridgehead atoms. The summed E-state index contributed by atoms with van der Waals surface area (Å²) in [4.78, 5) is 25.1. The Morgan fingerprint density at radius 1 is 1.17 bits per heavy atom. The molecule has 3 N–H and O–H groups in total. The summed E-state index contributed by atoms with van der Waals surface area (Å²) in [6, 6.07) is 9.67. The second kappa shape index (κ2) is 9.30. The van der Waals surface area contributed by atoms with Gasteiger partial charge in [-0.25, -0.2) is 13.6 Å². The Hall–Kier alpha value is -2.87. The average Bonchev–Trinajstić information content (AvgIpc) is 2.69. The van der Waals surface area contributed by atoms with Crippen LogP contribution in [0.4, 0.5) is 19.3 Å². The summed E-state index contributed by atoms with van der Waals surface area (Å²) in [5.74, 6) is -0.376. The lowest BCUT2D eigenvalue weighted by Gasteiger charge is -2.36. The third-order valence-electron chi connectivity index (χ3n) is 5.01. The maximum absolute atomic E-state index is 15.1. The Morgan fingerprint density at radius 2 is 1.83 bits per heavy atom. The maximum atomic E-state index is 15.1. The van der Waals surface area contributed by atoms with E-state index in [-0.39, 0.29) is 62.1 Å². The Kier molecular flexibility index (Phi) is 6.77. The number of benzene rings is 2. The molecule has 0 spiro atoms. The van der Waals surface area contributed by atoms with Crippen LogP contribution in [-0.2, 0) is 11.2 Å². The molecule has 6 nitrogen and oxygen atoms in total. The van der Waals surface area contributed by atoms with Gasteiger partial charge in [0.05, 0.1) is 5.69 Å². The van der Waals surface area contributed by atoms with Crippen molar-refractivity contribution < 1.29 is 34.7 Å². The van der Waals surface area contributed by atoms with E-state index in [0.717, 1.165) is 5.56 Å². The third kappa shape index (κ3) is 5.82. The molecular formula is C21H23ClF2N3O3+. The summed E-state index contributed by atoms with van der Waals surface area (Å²) in [6.45, 7) is 0.260. The molecule has 0 unspecified atom stereocenters. The molecule has 30 heavy (non-hydrogen) atoms. The number of rotatable bonds is 6. The lowest BCUT2D eigenvalue weighted by Crippen LogP contribution is -2.47. The van der Waals surface area contributed by atoms with Crippen LogP contribution in [-0.4, -0.2) is 42.2 Å². The van der Waals surface area contributed by atoms with Crippen LogP contribution in [0, 0.1) is 17.4 Å². The number of piperidine rings is 1. The predicted molar refractivity (Wildman–Crippen MR) is 105 cm³/mol. The Balaban J connectivity index is 1.53. The molecule has 1 fully saturated rings. The molecule has 3 rings (SSSR count). The highest BCUT2D eigenvalue weighted by atomic mass is 35.5. The zero-order chi connectivity index (χ0) is 21.7. The van der Waals surface area contributed by atoms with E-state index < -0.39 is 11.7 Å². The first-order valence-corrected chi connectivity index (χ1v) is 9.86. The van der Waals surface area contributed by atoms with Gasteiger partial charge in [-0.1, -0.05) is 12.1 Å². The van der Waals surface area contributed by atoms with E-state index in [1.807, 2.05) is 0 Å². The maximum Gasteiger partial charge on any atom is 0.316 e. The van der Waals surface area contributed by atoms with Crippen LogP contribution in [0.2, 0.25) is 5.02 Å². The van der Waals surface area contributed by atoms with Crippen LogP contribution < -0.4 is 15.8 Å². The molecule has 1 heterocycles. The predicted octanol–water partition coefficient (Wildman–Crippen LogP) is 2.96. The summed E-state index contributed by atoms with van der Waals surface area (Å²) < 4.78 is 33.7. The van der Waals surface area contributed by atoms with Crippen molar-refractivity contribution in [3.8, 4) is 5.75 Å². The van der Waals surface area contributed by atoms with Crippen molar-refractivity contribution in [2.75, 3.05) is 25.0 Å². The lowest BCUT2D eigenvalue weighted by atomic mass is 9.87. The number of nitrogens with one attached hydrogen (secondary N) is 1. The van der Waals surface area contributed by atoms with Crippen molar-refractivity contribution in [3.63, 3.8) is 0 Å². The van der Waals surface area contributed by atoms with Crippen LogP contribution in [0.15, 0.2) is 42.5 Å². The van der Waals surface area contributed by atoms with Gasteiger partial charge in [-0.15, -0.1) is 0 Å². The number of anilines is 1. The first-order valence-electron chi connectivity index (χ1n) is 9.46. The van der Waals surface area contributed by atoms with Crippen LogP contribution in [0.5, 0.6) is 5.75 Å². The van der Waals surface area contributed by atoms with Crippen molar-refractivity contribution in [3.05, 3.63) is 58.9 Å². The van der Waals surface area contributed by atoms with Crippen molar-refractivity contribution in [2.24, 2.45) is 5.73 Å². The first-order chi connectivity index (χ1) is 14.2. The minimum Gasteiger partial charge on any atom is -0.482 e. The van der Waals surface area contributed by atoms with E-state index in [2.05, 4.69) is 5.32 Å². The van der Waals surface area contributed by atoms with Gasteiger partial charge in [-0.2, -0.15) is 0 Å². The van der Waals surface area contributed by atoms with Crippen molar-refractivity contribution in [1.82, 2.24) is 4.90 Å². The number of halogens is 3. The Morgan fingerprint density at radius 3 is 2.47 bits per heavy atom. The van der Waals surface area contributed by atoms with Crippen LogP contribution in [0.1, 0.15) is 18.4 Å². The molecule has 2 aromatic rings. The Labute approximate surface area is 177 Å². The third-order valence-corrected chi connectivity index (χ3v) is 5.26. The SMILES string of the molecule is NC(=O)Nc1cc([ClH+])ccc1OCC(=O)N1CCC(F)(Cc2ccc(F)cc2)CC1. The highest BCUT2D eigenvalue weighted by Crippen LogP contribution is 2.31. The second-order valence-corrected chi connectivity index (χ2v) is 7.74. The van der Waals surface area contributed by atoms with Crippen molar-refractivity contribution in [2.45, 2.75) is 24.9 Å². The highest BCUT2D eigenvalue weighted by molar-refractivity contribution is 5.89. The van der Waals surface area contributed by atoms with E-state index in [0.29, 0.717) is 5.02 Å². The van der Waals surface area contributed by atoms with E-state index in [9.17, 15) is 14.0 Å². The summed E-state index contributed by atoms with van der Waals surface area (Å²) in [7, 11) is 0. The van der Waals surface area contributed by atoms with Gasteiger partial charge >= 0.3 is 6.03 Å². The van der Waals surface area contributed by atoms with Gasteiger partial charge < -0.3 is 20.7 Å². The summed E-state index contributed by atoms with van der Waals surface area (Å²) >= 11 is 5.05. The van der Waals surface area contributed by atoms with Gasteiger partial charge in [-0.3, -0.25) is 4.79 Å². The van der Waals surface area contributed by atoms with Gasteiger partial charge in [0.2, 0.25) is 5.02 Å². The fraction of sp³-hybridized carbons (Fsp3) is 0.333. The van der Waals surface area contributed by atoms with Gasteiger partial charge in [0.25, 0.3) is 5.91 Å². The monoisotopic (exact) mass is 438 g/mol. The van der Waals surface area contributed by atoms with Crippen molar-refractivity contribution >= 4 is 17.6 Å². The molecule has 2 aromatic carbocycles. The van der Waals surface area contributed by atoms with Gasteiger partial charge in [-0.05, 0) is 36.6 Å². The molecule has 1 saturated heterocycles. The van der Waals surface area contributed by atoms with Crippen LogP contribution in [0.3, 0.4) is 0 Å². The molecule has 1 aliphatic heterocycles. The molecule has 0 saturated carbocycles. The fourth-order valence-electron chi connectivity index (χ4n) is 3.40. The largest absolute Gasteiger partial charge is 0.482 e. The second-order valence-electron chi connectivity index (χ2n) is 7.27.